The first-order chi connectivity index (χ1) is 8.77. The molecule has 0 aliphatic heterocycles. The number of carbonyl (C=O) groups excluding carboxylic acids is 1. The van der Waals surface area contributed by atoms with Gasteiger partial charge < -0.3 is 9.64 Å². The normalized spacial score (nSPS) is 16.2. The van der Waals surface area contributed by atoms with E-state index in [1.807, 2.05) is 0 Å². The third-order valence-electron chi connectivity index (χ3n) is 3.60. The average Bonchev–Trinajstić information content (AvgIpc) is 2.40. The third kappa shape index (κ3) is 5.50. The molecule has 0 N–H and O–H groups in total. The van der Waals surface area contributed by atoms with E-state index < -0.39 is 0 Å². The van der Waals surface area contributed by atoms with E-state index in [0.717, 1.165) is 0 Å². The van der Waals surface area contributed by atoms with Crippen molar-refractivity contribution in [2.75, 3.05) is 26.8 Å². The zero-order valence-corrected chi connectivity index (χ0v) is 11.4. The first kappa shape index (κ1) is 15.0. The van der Waals surface area contributed by atoms with E-state index in [4.69, 9.17) is 10.00 Å². The quantitative estimate of drug-likeness (QED) is 0.699. The van der Waals surface area contributed by atoms with Crippen LogP contribution in [0.5, 0.6) is 0 Å². The lowest BCUT2D eigenvalue weighted by Gasteiger charge is -2.26. The van der Waals surface area contributed by atoms with Gasteiger partial charge in [-0.05, 0) is 18.8 Å². The summed E-state index contributed by atoms with van der Waals surface area (Å²) < 4.78 is 5.02. The second-order valence-electron chi connectivity index (χ2n) is 4.99. The van der Waals surface area contributed by atoms with E-state index in [2.05, 4.69) is 6.07 Å². The summed E-state index contributed by atoms with van der Waals surface area (Å²) in [7, 11) is 1.63. The minimum absolute atomic E-state index is 0.189. The molecule has 1 fully saturated rings. The van der Waals surface area contributed by atoms with Gasteiger partial charge in [0.25, 0.3) is 0 Å². The second kappa shape index (κ2) is 8.93. The van der Waals surface area contributed by atoms with Crippen molar-refractivity contribution in [3.05, 3.63) is 0 Å². The Kier molecular flexibility index (Phi) is 7.43. The van der Waals surface area contributed by atoms with Crippen molar-refractivity contribution < 1.29 is 9.53 Å². The van der Waals surface area contributed by atoms with Crippen molar-refractivity contribution in [2.24, 2.45) is 5.92 Å². The number of nitriles is 1. The molecule has 0 atom stereocenters. The molecular formula is C14H24N2O2. The fraction of sp³-hybridized carbons (Fsp3) is 0.857. The molecule has 0 unspecified atom stereocenters. The van der Waals surface area contributed by atoms with Crippen LogP contribution in [0.15, 0.2) is 0 Å². The molecule has 0 spiro atoms. The third-order valence-corrected chi connectivity index (χ3v) is 3.60. The van der Waals surface area contributed by atoms with Crippen LogP contribution in [0.2, 0.25) is 0 Å². The number of rotatable bonds is 7. The van der Waals surface area contributed by atoms with Crippen LogP contribution in [0.4, 0.5) is 0 Å². The highest BCUT2D eigenvalue weighted by Gasteiger charge is 2.20. The Morgan fingerprint density at radius 1 is 1.33 bits per heavy atom. The maximum absolute atomic E-state index is 12.2. The van der Waals surface area contributed by atoms with Gasteiger partial charge in [-0.15, -0.1) is 0 Å². The van der Waals surface area contributed by atoms with Crippen LogP contribution in [-0.4, -0.2) is 37.6 Å². The summed E-state index contributed by atoms with van der Waals surface area (Å²) in [5.41, 5.74) is 0. The molecule has 1 saturated carbocycles. The Bertz CT molecular complexity index is 280. The molecule has 0 aromatic rings. The zero-order valence-electron chi connectivity index (χ0n) is 11.4. The Hall–Kier alpha value is -1.08. The first-order valence-electron chi connectivity index (χ1n) is 6.91. The Labute approximate surface area is 110 Å². The van der Waals surface area contributed by atoms with Crippen molar-refractivity contribution >= 4 is 5.91 Å². The summed E-state index contributed by atoms with van der Waals surface area (Å²) in [5.74, 6) is 0.743. The molecule has 4 heteroatoms. The number of methoxy groups -OCH3 is 1. The van der Waals surface area contributed by atoms with Gasteiger partial charge in [0.1, 0.15) is 0 Å². The van der Waals surface area contributed by atoms with Gasteiger partial charge in [0, 0.05) is 26.6 Å². The number of hydrogen-bond donors (Lipinski definition) is 0. The van der Waals surface area contributed by atoms with Gasteiger partial charge in [-0.1, -0.05) is 19.3 Å². The molecule has 1 rings (SSSR count). The van der Waals surface area contributed by atoms with Crippen LogP contribution in [-0.2, 0) is 9.53 Å². The molecule has 1 aliphatic carbocycles. The number of amides is 1. The van der Waals surface area contributed by atoms with Crippen molar-refractivity contribution in [3.8, 4) is 6.07 Å². The number of carbonyl (C=O) groups is 1. The first-order valence-corrected chi connectivity index (χ1v) is 6.91. The number of nitrogens with zero attached hydrogens (tertiary/aromatic N) is 2. The predicted octanol–water partition coefficient (Wildman–Crippen LogP) is 2.35. The van der Waals surface area contributed by atoms with E-state index >= 15 is 0 Å². The maximum Gasteiger partial charge on any atom is 0.222 e. The van der Waals surface area contributed by atoms with Crippen molar-refractivity contribution in [3.63, 3.8) is 0 Å². The van der Waals surface area contributed by atoms with Crippen LogP contribution < -0.4 is 0 Å². The molecule has 1 amide bonds. The van der Waals surface area contributed by atoms with Crippen LogP contribution in [0.25, 0.3) is 0 Å². The summed E-state index contributed by atoms with van der Waals surface area (Å²) in [6.07, 6.45) is 7.24. The maximum atomic E-state index is 12.2. The molecule has 18 heavy (non-hydrogen) atoms. The van der Waals surface area contributed by atoms with Gasteiger partial charge in [-0.2, -0.15) is 5.26 Å². The van der Waals surface area contributed by atoms with Gasteiger partial charge in [-0.3, -0.25) is 4.79 Å². The molecule has 0 aromatic carbocycles. The second-order valence-corrected chi connectivity index (χ2v) is 4.99. The lowest BCUT2D eigenvalue weighted by molar-refractivity contribution is -0.133. The topological polar surface area (TPSA) is 53.3 Å². The smallest absolute Gasteiger partial charge is 0.222 e. The van der Waals surface area contributed by atoms with E-state index in [9.17, 15) is 4.79 Å². The summed E-state index contributed by atoms with van der Waals surface area (Å²) in [6.45, 7) is 1.68. The molecule has 0 bridgehead atoms. The fourth-order valence-corrected chi connectivity index (χ4v) is 2.51. The number of hydrogen-bond acceptors (Lipinski definition) is 3. The molecule has 0 heterocycles. The van der Waals surface area contributed by atoms with E-state index in [-0.39, 0.29) is 5.91 Å². The van der Waals surface area contributed by atoms with E-state index in [1.165, 1.54) is 32.1 Å². The van der Waals surface area contributed by atoms with E-state index in [0.29, 0.717) is 38.5 Å². The highest BCUT2D eigenvalue weighted by molar-refractivity contribution is 5.76. The Balaban J connectivity index is 2.38. The summed E-state index contributed by atoms with van der Waals surface area (Å²) >= 11 is 0. The lowest BCUT2D eigenvalue weighted by atomic mass is 9.86. The summed E-state index contributed by atoms with van der Waals surface area (Å²) in [5, 5.41) is 8.62. The lowest BCUT2D eigenvalue weighted by Crippen LogP contribution is -2.36. The molecule has 0 aromatic heterocycles. The molecular weight excluding hydrogens is 228 g/mol. The monoisotopic (exact) mass is 252 g/mol. The van der Waals surface area contributed by atoms with Gasteiger partial charge in [0.05, 0.1) is 19.1 Å². The van der Waals surface area contributed by atoms with Gasteiger partial charge in [0.15, 0.2) is 0 Å². The number of ether oxygens (including phenoxy) is 1. The summed E-state index contributed by atoms with van der Waals surface area (Å²) in [4.78, 5) is 14.0. The summed E-state index contributed by atoms with van der Waals surface area (Å²) in [6, 6.07) is 2.10. The highest BCUT2D eigenvalue weighted by Crippen LogP contribution is 2.26. The zero-order chi connectivity index (χ0) is 13.2. The highest BCUT2D eigenvalue weighted by atomic mass is 16.5. The Morgan fingerprint density at radius 3 is 2.67 bits per heavy atom. The molecule has 0 radical (unpaired) electrons. The minimum atomic E-state index is 0.189. The van der Waals surface area contributed by atoms with Crippen LogP contribution >= 0.6 is 0 Å². The van der Waals surface area contributed by atoms with Gasteiger partial charge in [-0.25, -0.2) is 0 Å². The van der Waals surface area contributed by atoms with Crippen LogP contribution in [0, 0.1) is 17.2 Å². The molecule has 4 nitrogen and oxygen atoms in total. The SMILES string of the molecule is COCCN(CCC#N)C(=O)CC1CCCCC1. The van der Waals surface area contributed by atoms with E-state index in [1.54, 1.807) is 12.0 Å². The Morgan fingerprint density at radius 2 is 2.06 bits per heavy atom. The molecule has 102 valence electrons. The fourth-order valence-electron chi connectivity index (χ4n) is 2.51. The van der Waals surface area contributed by atoms with Crippen molar-refractivity contribution in [2.45, 2.75) is 44.9 Å². The molecule has 0 saturated heterocycles. The van der Waals surface area contributed by atoms with Crippen molar-refractivity contribution in [1.82, 2.24) is 4.90 Å². The van der Waals surface area contributed by atoms with Gasteiger partial charge >= 0.3 is 0 Å². The minimum Gasteiger partial charge on any atom is -0.383 e. The average molecular weight is 252 g/mol. The van der Waals surface area contributed by atoms with Crippen LogP contribution in [0.3, 0.4) is 0 Å². The van der Waals surface area contributed by atoms with Crippen LogP contribution in [0.1, 0.15) is 44.9 Å². The van der Waals surface area contributed by atoms with Crippen molar-refractivity contribution in [1.29, 1.82) is 5.26 Å². The largest absolute Gasteiger partial charge is 0.383 e. The predicted molar refractivity (Wildman–Crippen MR) is 69.9 cm³/mol. The van der Waals surface area contributed by atoms with Gasteiger partial charge in [0.2, 0.25) is 5.91 Å². The molecule has 1 aliphatic rings. The standard InChI is InChI=1S/C14H24N2O2/c1-18-11-10-16(9-5-8-15)14(17)12-13-6-3-2-4-7-13/h13H,2-7,9-12H2,1H3.